The Morgan fingerprint density at radius 2 is 1.56 bits per heavy atom. The van der Waals surface area contributed by atoms with Crippen LogP contribution in [0.15, 0.2) is 30.3 Å². The summed E-state index contributed by atoms with van der Waals surface area (Å²) in [4.78, 5) is 2.47. The third kappa shape index (κ3) is 5.48. The molecule has 25 heavy (non-hydrogen) atoms. The van der Waals surface area contributed by atoms with E-state index in [4.69, 9.17) is 0 Å². The van der Waals surface area contributed by atoms with Crippen LogP contribution in [-0.2, 0) is 5.60 Å². The third-order valence-corrected chi connectivity index (χ3v) is 5.79. The Bertz CT molecular complexity index is 550. The van der Waals surface area contributed by atoms with E-state index < -0.39 is 5.60 Å². The van der Waals surface area contributed by atoms with Crippen molar-refractivity contribution in [2.45, 2.75) is 63.4 Å². The van der Waals surface area contributed by atoms with Crippen molar-refractivity contribution in [3.05, 3.63) is 35.9 Å². The Kier molecular flexibility index (Phi) is 8.30. The number of nitrogens with zero attached hydrogens (tertiary/aromatic N) is 1. The van der Waals surface area contributed by atoms with Crippen LogP contribution in [0.3, 0.4) is 0 Å². The Hall–Kier alpha value is -1.01. The van der Waals surface area contributed by atoms with Gasteiger partial charge in [0.25, 0.3) is 0 Å². The molecule has 0 bridgehead atoms. The summed E-state index contributed by atoms with van der Waals surface area (Å²) in [6.07, 6.45) is 10.6. The predicted octanol–water partition coefficient (Wildman–Crippen LogP) is 1.34. The second-order valence-electron chi connectivity index (χ2n) is 7.49. The zero-order valence-corrected chi connectivity index (χ0v) is 16.0. The minimum Gasteiger partial charge on any atom is -1.00 e. The fourth-order valence-corrected chi connectivity index (χ4v) is 4.27. The van der Waals surface area contributed by atoms with E-state index >= 15 is 0 Å². The number of hydrogen-bond donors (Lipinski definition) is 1. The lowest BCUT2D eigenvalue weighted by Crippen LogP contribution is -3.00. The number of rotatable bonds is 4. The highest BCUT2D eigenvalue weighted by molar-refractivity contribution is 5.26. The van der Waals surface area contributed by atoms with Crippen LogP contribution in [0.4, 0.5) is 0 Å². The summed E-state index contributed by atoms with van der Waals surface area (Å²) in [5, 5.41) is 11.4. The Balaban J connectivity index is 0.00000225. The molecule has 1 unspecified atom stereocenters. The molecule has 1 aromatic rings. The Labute approximate surface area is 159 Å². The smallest absolute Gasteiger partial charge is 0.103 e. The summed E-state index contributed by atoms with van der Waals surface area (Å²) in [6, 6.07) is 10.2. The molecule has 0 spiro atoms. The van der Waals surface area contributed by atoms with Crippen LogP contribution in [0.5, 0.6) is 0 Å². The van der Waals surface area contributed by atoms with Crippen LogP contribution < -0.4 is 12.4 Å². The number of aliphatic hydroxyl groups is 1. The van der Waals surface area contributed by atoms with Gasteiger partial charge in [-0.05, 0) is 50.3 Å². The SMILES string of the molecule is OC(CC#CCN1CCCCCC1)(c1ccccc1)C1CCCC1.[Cl-]. The highest BCUT2D eigenvalue weighted by Gasteiger charge is 2.39. The molecule has 1 aliphatic carbocycles. The van der Waals surface area contributed by atoms with Gasteiger partial charge < -0.3 is 17.5 Å². The third-order valence-electron chi connectivity index (χ3n) is 5.79. The van der Waals surface area contributed by atoms with Gasteiger partial charge in [0, 0.05) is 6.42 Å². The van der Waals surface area contributed by atoms with Crippen molar-refractivity contribution in [2.75, 3.05) is 19.6 Å². The first-order valence-corrected chi connectivity index (χ1v) is 9.75. The maximum Gasteiger partial charge on any atom is 0.103 e. The van der Waals surface area contributed by atoms with E-state index in [-0.39, 0.29) is 12.4 Å². The summed E-state index contributed by atoms with van der Waals surface area (Å²) in [5.41, 5.74) is 0.268. The minimum absolute atomic E-state index is 0. The number of benzene rings is 1. The summed E-state index contributed by atoms with van der Waals surface area (Å²) in [7, 11) is 0. The maximum absolute atomic E-state index is 11.4. The van der Waals surface area contributed by atoms with Gasteiger partial charge in [-0.15, -0.1) is 0 Å². The largest absolute Gasteiger partial charge is 1.00 e. The van der Waals surface area contributed by atoms with E-state index in [1.54, 1.807) is 0 Å². The van der Waals surface area contributed by atoms with Gasteiger partial charge in [-0.1, -0.05) is 67.9 Å². The van der Waals surface area contributed by atoms with Gasteiger partial charge >= 0.3 is 0 Å². The van der Waals surface area contributed by atoms with E-state index in [2.05, 4.69) is 28.9 Å². The lowest BCUT2D eigenvalue weighted by atomic mass is 9.78. The zero-order valence-electron chi connectivity index (χ0n) is 15.2. The number of halogens is 1. The summed E-state index contributed by atoms with van der Waals surface area (Å²) >= 11 is 0. The first kappa shape index (κ1) is 20.3. The van der Waals surface area contributed by atoms with Crippen molar-refractivity contribution in [1.82, 2.24) is 4.90 Å². The van der Waals surface area contributed by atoms with Gasteiger partial charge in [-0.3, -0.25) is 4.90 Å². The fourth-order valence-electron chi connectivity index (χ4n) is 4.27. The quantitative estimate of drug-likeness (QED) is 0.819. The first-order chi connectivity index (χ1) is 11.8. The topological polar surface area (TPSA) is 23.5 Å². The van der Waals surface area contributed by atoms with Gasteiger partial charge in [-0.25, -0.2) is 0 Å². The molecule has 1 aromatic carbocycles. The van der Waals surface area contributed by atoms with E-state index in [1.807, 2.05) is 18.2 Å². The normalized spacial score (nSPS) is 21.5. The molecular formula is C22H31ClNO-. The lowest BCUT2D eigenvalue weighted by Gasteiger charge is -2.33. The second-order valence-corrected chi connectivity index (χ2v) is 7.49. The molecule has 2 aliphatic rings. The Morgan fingerprint density at radius 1 is 0.920 bits per heavy atom. The van der Waals surface area contributed by atoms with Crippen molar-refractivity contribution in [3.63, 3.8) is 0 Å². The molecule has 2 nitrogen and oxygen atoms in total. The van der Waals surface area contributed by atoms with Crippen molar-refractivity contribution < 1.29 is 17.5 Å². The van der Waals surface area contributed by atoms with E-state index in [0.29, 0.717) is 12.3 Å². The molecule has 0 amide bonds. The molecule has 0 radical (unpaired) electrons. The van der Waals surface area contributed by atoms with Crippen molar-refractivity contribution in [3.8, 4) is 11.8 Å². The van der Waals surface area contributed by atoms with Crippen molar-refractivity contribution in [1.29, 1.82) is 0 Å². The van der Waals surface area contributed by atoms with Gasteiger partial charge in [0.2, 0.25) is 0 Å². The molecular weight excluding hydrogens is 330 g/mol. The van der Waals surface area contributed by atoms with Crippen molar-refractivity contribution >= 4 is 0 Å². The van der Waals surface area contributed by atoms with E-state index in [9.17, 15) is 5.11 Å². The predicted molar refractivity (Wildman–Crippen MR) is 99.6 cm³/mol. The molecule has 3 rings (SSSR count). The molecule has 1 aliphatic heterocycles. The fraction of sp³-hybridized carbons (Fsp3) is 0.636. The molecule has 1 saturated carbocycles. The van der Waals surface area contributed by atoms with Crippen LogP contribution in [0, 0.1) is 17.8 Å². The molecule has 1 saturated heterocycles. The van der Waals surface area contributed by atoms with Crippen LogP contribution >= 0.6 is 0 Å². The van der Waals surface area contributed by atoms with Crippen LogP contribution in [-0.4, -0.2) is 29.6 Å². The molecule has 2 fully saturated rings. The molecule has 1 heterocycles. The molecule has 0 aromatic heterocycles. The monoisotopic (exact) mass is 360 g/mol. The molecule has 3 heteroatoms. The first-order valence-electron chi connectivity index (χ1n) is 9.75. The molecule has 1 N–H and O–H groups in total. The lowest BCUT2D eigenvalue weighted by molar-refractivity contribution is -0.0173. The van der Waals surface area contributed by atoms with Crippen LogP contribution in [0.2, 0.25) is 0 Å². The molecule has 138 valence electrons. The summed E-state index contributed by atoms with van der Waals surface area (Å²) in [5.74, 6) is 7.03. The summed E-state index contributed by atoms with van der Waals surface area (Å²) in [6.45, 7) is 3.22. The molecule has 1 atom stereocenters. The van der Waals surface area contributed by atoms with Crippen LogP contribution in [0.1, 0.15) is 63.4 Å². The van der Waals surface area contributed by atoms with Gasteiger partial charge in [0.15, 0.2) is 0 Å². The van der Waals surface area contributed by atoms with Gasteiger partial charge in [0.1, 0.15) is 5.60 Å². The standard InChI is InChI=1S/C22H31NO.ClH/c24-22(21-14-6-7-15-21,20-12-4-3-5-13-20)16-8-11-19-23-17-9-1-2-10-18-23;/h3-5,12-13,21,24H,1-2,6-7,9-10,14-19H2;1H/p-1. The van der Waals surface area contributed by atoms with Gasteiger partial charge in [-0.2, -0.15) is 0 Å². The maximum atomic E-state index is 11.4. The van der Waals surface area contributed by atoms with Crippen LogP contribution in [0.25, 0.3) is 0 Å². The zero-order chi connectivity index (χ0) is 16.7. The minimum atomic E-state index is -0.774. The highest BCUT2D eigenvalue weighted by atomic mass is 35.5. The number of hydrogen-bond acceptors (Lipinski definition) is 2. The number of likely N-dealkylation sites (tertiary alicyclic amines) is 1. The van der Waals surface area contributed by atoms with Gasteiger partial charge in [0.05, 0.1) is 6.54 Å². The van der Waals surface area contributed by atoms with Crippen molar-refractivity contribution in [2.24, 2.45) is 5.92 Å². The average Bonchev–Trinajstić information content (AvgIpc) is 3.05. The average molecular weight is 361 g/mol. The highest BCUT2D eigenvalue weighted by Crippen LogP contribution is 2.42. The Morgan fingerprint density at radius 3 is 2.20 bits per heavy atom. The summed E-state index contributed by atoms with van der Waals surface area (Å²) < 4.78 is 0. The van der Waals surface area contributed by atoms with E-state index in [0.717, 1.165) is 24.9 Å². The van der Waals surface area contributed by atoms with E-state index in [1.165, 1.54) is 51.6 Å². The second kappa shape index (κ2) is 10.2.